The van der Waals surface area contributed by atoms with E-state index in [0.717, 1.165) is 133 Å². The number of ketones is 1. The lowest BCUT2D eigenvalue weighted by Crippen LogP contribution is -2.64. The zero-order valence-electron chi connectivity index (χ0n) is 45.0. The lowest BCUT2D eigenvalue weighted by molar-refractivity contribution is -0.248. The summed E-state index contributed by atoms with van der Waals surface area (Å²) in [4.78, 5) is 41.6. The number of anilines is 2. The van der Waals surface area contributed by atoms with E-state index in [1.54, 1.807) is 37.3 Å². The third kappa shape index (κ3) is 11.8. The highest BCUT2D eigenvalue weighted by Gasteiger charge is 2.66. The molecule has 2 unspecified atom stereocenters. The van der Waals surface area contributed by atoms with Crippen LogP contribution < -0.4 is 21.1 Å². The zero-order chi connectivity index (χ0) is 50.7. The molecule has 4 fully saturated rings. The smallest absolute Gasteiger partial charge is 0.272 e. The number of hydrazine groups is 1. The second-order valence-corrected chi connectivity index (χ2v) is 24.9. The van der Waals surface area contributed by atoms with E-state index < -0.39 is 0 Å². The first-order chi connectivity index (χ1) is 34.6. The van der Waals surface area contributed by atoms with Gasteiger partial charge in [0, 0.05) is 62.5 Å². The van der Waals surface area contributed by atoms with Crippen LogP contribution in [-0.4, -0.2) is 94.2 Å². The van der Waals surface area contributed by atoms with Gasteiger partial charge in [0.15, 0.2) is 5.13 Å². The second kappa shape index (κ2) is 22.0. The summed E-state index contributed by atoms with van der Waals surface area (Å²) >= 11 is 1.64. The van der Waals surface area contributed by atoms with Crippen LogP contribution in [0.2, 0.25) is 0 Å². The number of ether oxygens (including phenoxy) is 1. The molecule has 13 nitrogen and oxygen atoms in total. The van der Waals surface area contributed by atoms with Crippen LogP contribution in [0.15, 0.2) is 65.4 Å². The summed E-state index contributed by atoms with van der Waals surface area (Å²) < 4.78 is 10.6. The Morgan fingerprint density at radius 1 is 0.806 bits per heavy atom. The van der Waals surface area contributed by atoms with Gasteiger partial charge in [-0.25, -0.2) is 9.97 Å². The number of pyridine rings is 1. The first kappa shape index (κ1) is 52.1. The average Bonchev–Trinajstić information content (AvgIpc) is 3.90. The number of unbranched alkanes of at least 4 members (excludes halogenated alkanes) is 10. The largest absolute Gasteiger partial charge is 0.374 e. The number of carbonyl (C=O) groups is 2. The van der Waals surface area contributed by atoms with E-state index in [2.05, 4.69) is 83.6 Å². The van der Waals surface area contributed by atoms with Crippen LogP contribution in [0.4, 0.5) is 10.9 Å². The minimum absolute atomic E-state index is 0.0932. The molecular weight excluding hydrogens is 917 g/mol. The summed E-state index contributed by atoms with van der Waals surface area (Å²) in [7, 11) is 5.88. The molecular formula is C58H84N10O3S. The third-order valence-electron chi connectivity index (χ3n) is 16.8. The number of allylic oxidation sites excluding steroid dienone is 2. The molecule has 6 aliphatic rings. The molecule has 1 amide bonds. The normalized spacial score (nSPS) is 24.5. The Labute approximate surface area is 434 Å². The molecule has 390 valence electrons. The van der Waals surface area contributed by atoms with Crippen LogP contribution in [0.3, 0.4) is 0 Å². The molecule has 2 aliphatic heterocycles. The minimum Gasteiger partial charge on any atom is -0.374 e. The quantitative estimate of drug-likeness (QED) is 0.0548. The summed E-state index contributed by atoms with van der Waals surface area (Å²) in [5.41, 5.74) is 14.0. The van der Waals surface area contributed by atoms with Crippen LogP contribution in [0.1, 0.15) is 172 Å². The SMILES string of the molecule is CC(=O)CCCCCCCCCCCCCN(C)CCOC12CC3(C)CC(C)(CC(Cn4ncc(-c5ccc(N6CCCC7=C6NNC(Nc6nc8ccccc8s6)=C7C)nc5C(=O)N(C)C)c4C)(C3)C1)C2. The van der Waals surface area contributed by atoms with Crippen LogP contribution in [0.25, 0.3) is 21.3 Å². The highest BCUT2D eigenvalue weighted by Crippen LogP contribution is 2.72. The summed E-state index contributed by atoms with van der Waals surface area (Å²) in [6.45, 7) is 15.6. The molecule has 0 spiro atoms. The van der Waals surface area contributed by atoms with Gasteiger partial charge in [-0.05, 0) is 145 Å². The van der Waals surface area contributed by atoms with E-state index >= 15 is 0 Å². The first-order valence-corrected chi connectivity index (χ1v) is 28.3. The zero-order valence-corrected chi connectivity index (χ0v) is 45.8. The van der Waals surface area contributed by atoms with Gasteiger partial charge < -0.3 is 29.5 Å². The van der Waals surface area contributed by atoms with Gasteiger partial charge in [0.2, 0.25) is 0 Å². The number of amides is 1. The van der Waals surface area contributed by atoms with Gasteiger partial charge in [0.1, 0.15) is 28.9 Å². The molecule has 14 heteroatoms. The van der Waals surface area contributed by atoms with Gasteiger partial charge in [-0.2, -0.15) is 5.10 Å². The number of rotatable bonds is 25. The van der Waals surface area contributed by atoms with Crippen molar-refractivity contribution >= 4 is 44.2 Å². The molecule has 2 atom stereocenters. The van der Waals surface area contributed by atoms with Crippen molar-refractivity contribution in [2.24, 2.45) is 16.2 Å². The van der Waals surface area contributed by atoms with Crippen molar-refractivity contribution in [3.63, 3.8) is 0 Å². The van der Waals surface area contributed by atoms with Crippen LogP contribution in [0.5, 0.6) is 0 Å². The molecule has 3 aromatic heterocycles. The molecule has 0 radical (unpaired) electrons. The summed E-state index contributed by atoms with van der Waals surface area (Å²) in [6.07, 6.45) is 25.8. The van der Waals surface area contributed by atoms with Crippen molar-refractivity contribution in [2.45, 2.75) is 175 Å². The first-order valence-electron chi connectivity index (χ1n) is 27.5. The molecule has 72 heavy (non-hydrogen) atoms. The number of likely N-dealkylation sites (N-methyl/N-ethyl adjacent to an activating group) is 1. The Morgan fingerprint density at radius 3 is 2.19 bits per heavy atom. The molecule has 1 aromatic carbocycles. The second-order valence-electron chi connectivity index (χ2n) is 23.9. The molecule has 4 saturated carbocycles. The lowest BCUT2D eigenvalue weighted by Gasteiger charge is -2.69. The minimum atomic E-state index is -0.128. The fraction of sp³-hybridized carbons (Fsp3) is 0.638. The molecule has 0 saturated heterocycles. The van der Waals surface area contributed by atoms with Crippen LogP contribution >= 0.6 is 11.3 Å². The highest BCUT2D eigenvalue weighted by molar-refractivity contribution is 7.22. The van der Waals surface area contributed by atoms with Crippen molar-refractivity contribution in [2.75, 3.05) is 57.6 Å². The number of aromatic nitrogens is 4. The Balaban J connectivity index is 0.827. The van der Waals surface area contributed by atoms with E-state index in [9.17, 15) is 9.59 Å². The van der Waals surface area contributed by atoms with Gasteiger partial charge in [-0.3, -0.25) is 20.3 Å². The molecule has 4 aromatic rings. The van der Waals surface area contributed by atoms with Gasteiger partial charge >= 0.3 is 0 Å². The summed E-state index contributed by atoms with van der Waals surface area (Å²) in [5, 5.41) is 9.49. The summed E-state index contributed by atoms with van der Waals surface area (Å²) in [5.74, 6) is 2.78. The fourth-order valence-electron chi connectivity index (χ4n) is 14.5. The number of hydrogen-bond acceptors (Lipinski definition) is 12. The predicted octanol–water partition coefficient (Wildman–Crippen LogP) is 12.2. The topological polar surface area (TPSA) is 133 Å². The van der Waals surface area contributed by atoms with Crippen molar-refractivity contribution in [3.05, 3.63) is 76.8 Å². The Kier molecular flexibility index (Phi) is 15.9. The van der Waals surface area contributed by atoms with Gasteiger partial charge in [0.05, 0.1) is 28.6 Å². The molecule has 3 N–H and O–H groups in total. The van der Waals surface area contributed by atoms with E-state index in [1.165, 1.54) is 89.0 Å². The van der Waals surface area contributed by atoms with E-state index in [1.807, 2.05) is 24.4 Å². The maximum Gasteiger partial charge on any atom is 0.272 e. The number of Topliss-reactive ketones (excluding diaryl/α,β-unsaturated/α-hetero) is 1. The number of para-hydroxylation sites is 1. The number of thiazole rings is 1. The van der Waals surface area contributed by atoms with E-state index in [4.69, 9.17) is 19.8 Å². The Bertz CT molecular complexity index is 2600. The monoisotopic (exact) mass is 1000 g/mol. The van der Waals surface area contributed by atoms with Crippen LogP contribution in [0, 0.1) is 23.2 Å². The maximum absolute atomic E-state index is 14.1. The molecule has 4 aliphatic carbocycles. The number of nitrogens with zero attached hydrogens (tertiary/aromatic N) is 7. The highest BCUT2D eigenvalue weighted by atomic mass is 32.1. The fourth-order valence-corrected chi connectivity index (χ4v) is 15.3. The number of fused-ring (bicyclic) bond motifs is 1. The Morgan fingerprint density at radius 2 is 1.50 bits per heavy atom. The van der Waals surface area contributed by atoms with Crippen molar-refractivity contribution in [1.82, 2.24) is 40.4 Å². The number of hydrogen-bond donors (Lipinski definition) is 3. The maximum atomic E-state index is 14.1. The molecule has 5 heterocycles. The number of nitrogens with one attached hydrogen (secondary N) is 3. The molecule has 10 rings (SSSR count). The molecule has 4 bridgehead atoms. The van der Waals surface area contributed by atoms with Gasteiger partial charge in [0.25, 0.3) is 5.91 Å². The number of benzene rings is 1. The lowest BCUT2D eigenvalue weighted by atomic mass is 9.39. The standard InChI is InChI=1S/C58H84N10O3S/c1-41(69)23-18-16-14-12-10-9-11-13-15-17-21-29-66(8)31-32-71-58-37-55(4)34-56(5,38-58)36-57(35-55,39-58)40-68-43(3)46(33-59-68)45-27-28-49(61-50(45)53(70)65(6)7)67-30-22-24-44-42(2)51(63-64-52(44)67)62-54-60-47-25-19-20-26-48(47)72-54/h19-20,25-28,33,63-64H,9-18,21-24,29-32,34-40H2,1-8H3,(H,60,62). The van der Waals surface area contributed by atoms with Gasteiger partial charge in [-0.15, -0.1) is 0 Å². The number of carbonyl (C=O) groups excluding carboxylic acids is 2. The Hall–Kier alpha value is -4.79. The van der Waals surface area contributed by atoms with E-state index in [-0.39, 0.29) is 27.8 Å². The van der Waals surface area contributed by atoms with E-state index in [0.29, 0.717) is 11.5 Å². The average molecular weight is 1000 g/mol. The third-order valence-corrected chi connectivity index (χ3v) is 17.7. The van der Waals surface area contributed by atoms with Crippen molar-refractivity contribution < 1.29 is 14.3 Å². The van der Waals surface area contributed by atoms with Gasteiger partial charge in [-0.1, -0.05) is 95.1 Å². The van der Waals surface area contributed by atoms with Crippen molar-refractivity contribution in [3.8, 4) is 11.1 Å². The predicted molar refractivity (Wildman–Crippen MR) is 293 cm³/mol. The van der Waals surface area contributed by atoms with Crippen LogP contribution in [-0.2, 0) is 16.1 Å². The van der Waals surface area contributed by atoms with Crippen molar-refractivity contribution in [1.29, 1.82) is 0 Å². The summed E-state index contributed by atoms with van der Waals surface area (Å²) in [6, 6.07) is 12.3.